The molecule has 1 aromatic rings. The average Bonchev–Trinajstić information content (AvgIpc) is 3.17. The number of halogens is 3. The van der Waals surface area contributed by atoms with Crippen LogP contribution < -0.4 is 5.32 Å². The van der Waals surface area contributed by atoms with E-state index in [9.17, 15) is 4.79 Å². The zero-order valence-corrected chi connectivity index (χ0v) is 14.7. The minimum Gasteiger partial charge on any atom is -0.335 e. The van der Waals surface area contributed by atoms with Crippen molar-refractivity contribution >= 4 is 41.5 Å². The molecule has 0 aromatic heterocycles. The maximum Gasteiger partial charge on any atom is 0.223 e. The molecular formula is C16H21Cl3N2O. The van der Waals surface area contributed by atoms with Crippen LogP contribution in [0.25, 0.3) is 0 Å². The van der Waals surface area contributed by atoms with E-state index in [0.29, 0.717) is 35.0 Å². The monoisotopic (exact) mass is 362 g/mol. The van der Waals surface area contributed by atoms with Crippen LogP contribution in [-0.4, -0.2) is 29.9 Å². The Morgan fingerprint density at radius 2 is 2.00 bits per heavy atom. The van der Waals surface area contributed by atoms with Gasteiger partial charge in [0.2, 0.25) is 5.91 Å². The molecule has 1 heterocycles. The Balaban J connectivity index is 0.00000176. The van der Waals surface area contributed by atoms with Crippen molar-refractivity contribution in [1.29, 1.82) is 0 Å². The number of hydrogen-bond acceptors (Lipinski definition) is 2. The molecule has 0 bridgehead atoms. The van der Waals surface area contributed by atoms with E-state index in [2.05, 4.69) is 5.32 Å². The van der Waals surface area contributed by atoms with Gasteiger partial charge in [-0.1, -0.05) is 29.3 Å². The van der Waals surface area contributed by atoms with E-state index in [1.165, 1.54) is 0 Å². The summed E-state index contributed by atoms with van der Waals surface area (Å²) in [5.41, 5.74) is 1.05. The molecule has 1 saturated heterocycles. The Morgan fingerprint density at radius 1 is 1.23 bits per heavy atom. The van der Waals surface area contributed by atoms with Crippen LogP contribution in [0.15, 0.2) is 18.2 Å². The van der Waals surface area contributed by atoms with Crippen LogP contribution in [-0.2, 0) is 11.3 Å². The number of nitrogens with zero attached hydrogens (tertiary/aromatic N) is 1. The van der Waals surface area contributed by atoms with Crippen LogP contribution in [0, 0.1) is 5.92 Å². The highest BCUT2D eigenvalue weighted by Gasteiger charge is 2.33. The SMILES string of the molecule is Cl.O=C(CC1CCNC1)N(Cc1ccc(Cl)c(Cl)c1)C1CC1. The van der Waals surface area contributed by atoms with E-state index in [1.807, 2.05) is 17.0 Å². The molecule has 0 radical (unpaired) electrons. The van der Waals surface area contributed by atoms with Gasteiger partial charge in [-0.15, -0.1) is 12.4 Å². The largest absolute Gasteiger partial charge is 0.335 e. The standard InChI is InChI=1S/C16H20Cl2N2O.ClH/c17-14-4-1-12(7-15(14)18)10-20(13-2-3-13)16(21)8-11-5-6-19-9-11;/h1,4,7,11,13,19H,2-3,5-6,8-10H2;1H. The Kier molecular flexibility index (Phi) is 6.39. The highest BCUT2D eigenvalue weighted by atomic mass is 35.5. The summed E-state index contributed by atoms with van der Waals surface area (Å²) >= 11 is 12.0. The maximum absolute atomic E-state index is 12.6. The highest BCUT2D eigenvalue weighted by molar-refractivity contribution is 6.42. The van der Waals surface area contributed by atoms with Gasteiger partial charge in [-0.05, 0) is 56.0 Å². The smallest absolute Gasteiger partial charge is 0.223 e. The molecule has 1 aliphatic heterocycles. The number of hydrogen-bond donors (Lipinski definition) is 1. The van der Waals surface area contributed by atoms with Gasteiger partial charge in [0.05, 0.1) is 10.0 Å². The third-order valence-electron chi connectivity index (χ3n) is 4.27. The molecule has 1 aromatic carbocycles. The van der Waals surface area contributed by atoms with Crippen LogP contribution in [0.2, 0.25) is 10.0 Å². The summed E-state index contributed by atoms with van der Waals surface area (Å²) in [6, 6.07) is 6.04. The predicted molar refractivity (Wildman–Crippen MR) is 92.9 cm³/mol. The molecule has 122 valence electrons. The number of rotatable bonds is 5. The van der Waals surface area contributed by atoms with Crippen molar-refractivity contribution in [3.05, 3.63) is 33.8 Å². The lowest BCUT2D eigenvalue weighted by Crippen LogP contribution is -2.34. The number of carbonyl (C=O) groups excluding carboxylic acids is 1. The lowest BCUT2D eigenvalue weighted by atomic mass is 10.0. The second kappa shape index (κ2) is 7.87. The van der Waals surface area contributed by atoms with E-state index < -0.39 is 0 Å². The number of benzene rings is 1. The van der Waals surface area contributed by atoms with Gasteiger partial charge in [0.15, 0.2) is 0 Å². The van der Waals surface area contributed by atoms with Gasteiger partial charge in [0.25, 0.3) is 0 Å². The van der Waals surface area contributed by atoms with E-state index in [-0.39, 0.29) is 18.3 Å². The van der Waals surface area contributed by atoms with Crippen LogP contribution in [0.1, 0.15) is 31.2 Å². The molecule has 1 atom stereocenters. The van der Waals surface area contributed by atoms with Crippen molar-refractivity contribution in [3.8, 4) is 0 Å². The minimum absolute atomic E-state index is 0. The summed E-state index contributed by atoms with van der Waals surface area (Å²) in [6.45, 7) is 2.64. The van der Waals surface area contributed by atoms with Crippen molar-refractivity contribution in [2.75, 3.05) is 13.1 Å². The number of carbonyl (C=O) groups is 1. The molecule has 3 rings (SSSR count). The van der Waals surface area contributed by atoms with E-state index in [0.717, 1.165) is 37.9 Å². The topological polar surface area (TPSA) is 32.3 Å². The summed E-state index contributed by atoms with van der Waals surface area (Å²) < 4.78 is 0. The fourth-order valence-corrected chi connectivity index (χ4v) is 3.22. The molecule has 2 fully saturated rings. The highest BCUT2D eigenvalue weighted by Crippen LogP contribution is 2.31. The maximum atomic E-state index is 12.6. The Bertz CT molecular complexity index is 528. The quantitative estimate of drug-likeness (QED) is 0.860. The van der Waals surface area contributed by atoms with Gasteiger partial charge < -0.3 is 10.2 Å². The molecule has 1 saturated carbocycles. The Morgan fingerprint density at radius 3 is 2.59 bits per heavy atom. The molecule has 1 aliphatic carbocycles. The van der Waals surface area contributed by atoms with Gasteiger partial charge in [-0.2, -0.15) is 0 Å². The first-order chi connectivity index (χ1) is 10.1. The van der Waals surface area contributed by atoms with Crippen molar-refractivity contribution < 1.29 is 4.79 Å². The van der Waals surface area contributed by atoms with Crippen LogP contribution >= 0.6 is 35.6 Å². The fraction of sp³-hybridized carbons (Fsp3) is 0.562. The van der Waals surface area contributed by atoms with E-state index in [4.69, 9.17) is 23.2 Å². The van der Waals surface area contributed by atoms with Crippen molar-refractivity contribution in [2.45, 2.75) is 38.3 Å². The lowest BCUT2D eigenvalue weighted by molar-refractivity contribution is -0.133. The van der Waals surface area contributed by atoms with Crippen LogP contribution in [0.4, 0.5) is 0 Å². The molecule has 2 aliphatic rings. The summed E-state index contributed by atoms with van der Waals surface area (Å²) in [7, 11) is 0. The third kappa shape index (κ3) is 4.51. The van der Waals surface area contributed by atoms with Crippen molar-refractivity contribution in [2.24, 2.45) is 5.92 Å². The van der Waals surface area contributed by atoms with Gasteiger partial charge in [0.1, 0.15) is 0 Å². The molecule has 3 nitrogen and oxygen atoms in total. The first-order valence-electron chi connectivity index (χ1n) is 7.57. The summed E-state index contributed by atoms with van der Waals surface area (Å²) in [6.07, 6.45) is 4.01. The van der Waals surface area contributed by atoms with Gasteiger partial charge in [-0.25, -0.2) is 0 Å². The average molecular weight is 364 g/mol. The summed E-state index contributed by atoms with van der Waals surface area (Å²) in [5, 5.41) is 4.43. The van der Waals surface area contributed by atoms with Crippen molar-refractivity contribution in [3.63, 3.8) is 0 Å². The zero-order valence-electron chi connectivity index (χ0n) is 12.4. The van der Waals surface area contributed by atoms with E-state index >= 15 is 0 Å². The molecule has 1 N–H and O–H groups in total. The third-order valence-corrected chi connectivity index (χ3v) is 5.01. The van der Waals surface area contributed by atoms with Crippen LogP contribution in [0.5, 0.6) is 0 Å². The first-order valence-corrected chi connectivity index (χ1v) is 8.33. The van der Waals surface area contributed by atoms with E-state index in [1.54, 1.807) is 6.07 Å². The van der Waals surface area contributed by atoms with Gasteiger partial charge >= 0.3 is 0 Å². The molecule has 6 heteroatoms. The Labute approximate surface area is 147 Å². The van der Waals surface area contributed by atoms with Gasteiger partial charge in [-0.3, -0.25) is 4.79 Å². The Hall–Kier alpha value is -0.480. The normalized spacial score (nSPS) is 20.5. The number of amides is 1. The second-order valence-electron chi connectivity index (χ2n) is 6.06. The summed E-state index contributed by atoms with van der Waals surface area (Å²) in [4.78, 5) is 14.6. The fourth-order valence-electron chi connectivity index (χ4n) is 2.89. The molecular weight excluding hydrogens is 343 g/mol. The van der Waals surface area contributed by atoms with Crippen molar-refractivity contribution in [1.82, 2.24) is 10.2 Å². The molecule has 0 spiro atoms. The zero-order chi connectivity index (χ0) is 14.8. The molecule has 22 heavy (non-hydrogen) atoms. The molecule has 1 unspecified atom stereocenters. The first kappa shape index (κ1) is 17.9. The molecule has 1 amide bonds. The predicted octanol–water partition coefficient (Wildman–Crippen LogP) is 3.91. The number of nitrogens with one attached hydrogen (secondary N) is 1. The minimum atomic E-state index is 0. The summed E-state index contributed by atoms with van der Waals surface area (Å²) in [5.74, 6) is 0.768. The second-order valence-corrected chi connectivity index (χ2v) is 6.88. The lowest BCUT2D eigenvalue weighted by Gasteiger charge is -2.24. The van der Waals surface area contributed by atoms with Crippen LogP contribution in [0.3, 0.4) is 0 Å². The van der Waals surface area contributed by atoms with Gasteiger partial charge in [0, 0.05) is 19.0 Å².